The second-order valence-electron chi connectivity index (χ2n) is 3.08. The minimum Gasteiger partial charge on any atom is -0.474 e. The number of nitrogens with zero attached hydrogens (tertiary/aromatic N) is 1. The van der Waals surface area contributed by atoms with Crippen molar-refractivity contribution in [2.45, 2.75) is 20.3 Å². The van der Waals surface area contributed by atoms with E-state index in [1.54, 1.807) is 6.07 Å². The van der Waals surface area contributed by atoms with Gasteiger partial charge >= 0.3 is 11.9 Å². The van der Waals surface area contributed by atoms with Crippen LogP contribution in [0, 0.1) is 6.92 Å². The predicted octanol–water partition coefficient (Wildman–Crippen LogP) is 0.976. The summed E-state index contributed by atoms with van der Waals surface area (Å²) in [6, 6.07) is 1.73. The summed E-state index contributed by atoms with van der Waals surface area (Å²) in [5.41, 5.74) is 2.27. The minimum atomic E-state index is -1.51. The Morgan fingerprint density at radius 3 is 2.73 bits per heavy atom. The van der Waals surface area contributed by atoms with Crippen molar-refractivity contribution in [2.24, 2.45) is 0 Å². The van der Waals surface area contributed by atoms with Gasteiger partial charge in [-0.3, -0.25) is 9.78 Å². The van der Waals surface area contributed by atoms with Gasteiger partial charge in [-0.25, -0.2) is 4.79 Å². The van der Waals surface area contributed by atoms with E-state index in [1.807, 2.05) is 13.8 Å². The molecule has 80 valence electrons. The minimum absolute atomic E-state index is 0.407. The van der Waals surface area contributed by atoms with Crippen LogP contribution in [0.4, 0.5) is 5.69 Å². The second kappa shape index (κ2) is 4.54. The molecular formula is C10H12N2O3. The first kappa shape index (κ1) is 11.2. The molecule has 1 aromatic heterocycles. The van der Waals surface area contributed by atoms with Crippen molar-refractivity contribution in [1.82, 2.24) is 4.98 Å². The van der Waals surface area contributed by atoms with Crippen LogP contribution >= 0.6 is 0 Å². The van der Waals surface area contributed by atoms with Crippen LogP contribution in [0.2, 0.25) is 0 Å². The van der Waals surface area contributed by atoms with E-state index in [4.69, 9.17) is 5.11 Å². The van der Waals surface area contributed by atoms with Crippen molar-refractivity contribution in [3.8, 4) is 0 Å². The third-order valence-corrected chi connectivity index (χ3v) is 2.02. The summed E-state index contributed by atoms with van der Waals surface area (Å²) in [7, 11) is 0. The maximum Gasteiger partial charge on any atom is 0.394 e. The Morgan fingerprint density at radius 2 is 2.20 bits per heavy atom. The fourth-order valence-electron chi connectivity index (χ4n) is 1.19. The number of aliphatic carboxylic acids is 1. The Morgan fingerprint density at radius 1 is 1.53 bits per heavy atom. The highest BCUT2D eigenvalue weighted by Crippen LogP contribution is 2.12. The summed E-state index contributed by atoms with van der Waals surface area (Å²) < 4.78 is 0. The predicted molar refractivity (Wildman–Crippen MR) is 54.6 cm³/mol. The van der Waals surface area contributed by atoms with Gasteiger partial charge in [-0.1, -0.05) is 6.92 Å². The highest BCUT2D eigenvalue weighted by molar-refractivity contribution is 6.36. The van der Waals surface area contributed by atoms with Gasteiger partial charge in [0.2, 0.25) is 0 Å². The molecule has 2 N–H and O–H groups in total. The molecule has 15 heavy (non-hydrogen) atoms. The van der Waals surface area contributed by atoms with E-state index in [0.717, 1.165) is 17.7 Å². The van der Waals surface area contributed by atoms with Gasteiger partial charge < -0.3 is 10.4 Å². The summed E-state index contributed by atoms with van der Waals surface area (Å²) >= 11 is 0. The molecule has 0 saturated carbocycles. The van der Waals surface area contributed by atoms with Crippen molar-refractivity contribution in [3.05, 3.63) is 23.5 Å². The highest BCUT2D eigenvalue weighted by Gasteiger charge is 2.11. The Bertz CT molecular complexity index is 402. The number of aromatic nitrogens is 1. The van der Waals surface area contributed by atoms with E-state index >= 15 is 0 Å². The summed E-state index contributed by atoms with van der Waals surface area (Å²) in [6.07, 6.45) is 2.23. The van der Waals surface area contributed by atoms with Gasteiger partial charge in [0.1, 0.15) is 0 Å². The van der Waals surface area contributed by atoms with E-state index in [-0.39, 0.29) is 0 Å². The Kier molecular flexibility index (Phi) is 3.38. The van der Waals surface area contributed by atoms with Crippen LogP contribution in [0.5, 0.6) is 0 Å². The molecule has 0 radical (unpaired) electrons. The number of amides is 1. The second-order valence-corrected chi connectivity index (χ2v) is 3.08. The molecular weight excluding hydrogens is 196 g/mol. The van der Waals surface area contributed by atoms with E-state index < -0.39 is 11.9 Å². The first-order valence-corrected chi connectivity index (χ1v) is 4.54. The summed E-state index contributed by atoms with van der Waals surface area (Å²) in [4.78, 5) is 25.2. The van der Waals surface area contributed by atoms with E-state index in [9.17, 15) is 9.59 Å². The lowest BCUT2D eigenvalue weighted by atomic mass is 10.1. The maximum absolute atomic E-state index is 10.9. The number of aryl methyl sites for hydroxylation is 2. The van der Waals surface area contributed by atoms with Gasteiger partial charge in [-0.15, -0.1) is 0 Å². The molecule has 0 unspecified atom stereocenters. The zero-order valence-electron chi connectivity index (χ0n) is 8.57. The molecule has 5 heteroatoms. The highest BCUT2D eigenvalue weighted by atomic mass is 16.4. The lowest BCUT2D eigenvalue weighted by molar-refractivity contribution is -0.147. The van der Waals surface area contributed by atoms with Gasteiger partial charge in [0, 0.05) is 5.69 Å². The van der Waals surface area contributed by atoms with Crippen molar-refractivity contribution >= 4 is 17.6 Å². The smallest absolute Gasteiger partial charge is 0.394 e. The Balaban J connectivity index is 2.87. The van der Waals surface area contributed by atoms with Crippen molar-refractivity contribution in [2.75, 3.05) is 5.32 Å². The van der Waals surface area contributed by atoms with E-state index in [1.165, 1.54) is 6.20 Å². The lowest BCUT2D eigenvalue weighted by Gasteiger charge is -2.06. The normalized spacial score (nSPS) is 9.73. The van der Waals surface area contributed by atoms with Gasteiger partial charge in [0.15, 0.2) is 0 Å². The van der Waals surface area contributed by atoms with Crippen LogP contribution in [-0.4, -0.2) is 22.0 Å². The molecule has 1 aromatic rings. The molecule has 0 aliphatic rings. The van der Waals surface area contributed by atoms with Crippen LogP contribution in [0.1, 0.15) is 18.2 Å². The van der Waals surface area contributed by atoms with Crippen LogP contribution in [0.25, 0.3) is 0 Å². The standard InChI is InChI=1S/C10H12N2O3/c1-3-7-4-8(5-11-6(7)2)12-9(13)10(14)15/h4-5H,3H2,1-2H3,(H,12,13)(H,14,15). The van der Waals surface area contributed by atoms with Gasteiger partial charge in [-0.05, 0) is 25.0 Å². The number of hydrogen-bond acceptors (Lipinski definition) is 3. The number of carboxylic acid groups (broad SMARTS) is 1. The average molecular weight is 208 g/mol. The number of carbonyl (C=O) groups is 2. The zero-order chi connectivity index (χ0) is 11.4. The molecule has 0 saturated heterocycles. The molecule has 0 aliphatic carbocycles. The number of pyridine rings is 1. The molecule has 1 rings (SSSR count). The fourth-order valence-corrected chi connectivity index (χ4v) is 1.19. The molecule has 0 bridgehead atoms. The Labute approximate surface area is 87.1 Å². The molecule has 0 spiro atoms. The van der Waals surface area contributed by atoms with Gasteiger partial charge in [0.05, 0.1) is 11.9 Å². The number of carboxylic acids is 1. The van der Waals surface area contributed by atoms with Gasteiger partial charge in [-0.2, -0.15) is 0 Å². The molecule has 1 heterocycles. The number of anilines is 1. The summed E-state index contributed by atoms with van der Waals surface area (Å²) in [5, 5.41) is 10.6. The molecule has 1 amide bonds. The third-order valence-electron chi connectivity index (χ3n) is 2.02. The zero-order valence-corrected chi connectivity index (χ0v) is 8.57. The Hall–Kier alpha value is -1.91. The van der Waals surface area contributed by atoms with E-state index in [0.29, 0.717) is 5.69 Å². The molecule has 0 atom stereocenters. The van der Waals surface area contributed by atoms with Crippen molar-refractivity contribution < 1.29 is 14.7 Å². The van der Waals surface area contributed by atoms with E-state index in [2.05, 4.69) is 10.3 Å². The fraction of sp³-hybridized carbons (Fsp3) is 0.300. The molecule has 0 aliphatic heterocycles. The molecule has 5 nitrogen and oxygen atoms in total. The van der Waals surface area contributed by atoms with Crippen LogP contribution in [0.3, 0.4) is 0 Å². The maximum atomic E-state index is 10.9. The largest absolute Gasteiger partial charge is 0.474 e. The molecule has 0 aromatic carbocycles. The van der Waals surface area contributed by atoms with Crippen molar-refractivity contribution in [3.63, 3.8) is 0 Å². The quantitative estimate of drug-likeness (QED) is 0.710. The molecule has 0 fully saturated rings. The monoisotopic (exact) mass is 208 g/mol. The van der Waals surface area contributed by atoms with Crippen LogP contribution in [-0.2, 0) is 16.0 Å². The number of carbonyl (C=O) groups excluding carboxylic acids is 1. The van der Waals surface area contributed by atoms with Crippen molar-refractivity contribution in [1.29, 1.82) is 0 Å². The first-order chi connectivity index (χ1) is 7.04. The van der Waals surface area contributed by atoms with Crippen LogP contribution < -0.4 is 5.32 Å². The first-order valence-electron chi connectivity index (χ1n) is 4.54. The lowest BCUT2D eigenvalue weighted by Crippen LogP contribution is -2.22. The van der Waals surface area contributed by atoms with Gasteiger partial charge in [0.25, 0.3) is 0 Å². The van der Waals surface area contributed by atoms with Crippen LogP contribution in [0.15, 0.2) is 12.3 Å². The number of rotatable bonds is 2. The number of nitrogens with one attached hydrogen (secondary N) is 1. The third kappa shape index (κ3) is 2.77. The average Bonchev–Trinajstić information content (AvgIpc) is 2.20. The SMILES string of the molecule is CCc1cc(NC(=O)C(=O)O)cnc1C. The summed E-state index contributed by atoms with van der Waals surface area (Å²) in [6.45, 7) is 3.83. The summed E-state index contributed by atoms with van der Waals surface area (Å²) in [5.74, 6) is -2.56. The number of hydrogen-bond donors (Lipinski definition) is 2. The topological polar surface area (TPSA) is 79.3 Å².